The third-order valence-electron chi connectivity index (χ3n) is 8.08. The Morgan fingerprint density at radius 1 is 1.21 bits per heavy atom. The van der Waals surface area contributed by atoms with Crippen molar-refractivity contribution < 1.29 is 18.3 Å². The molecule has 2 atom stereocenters. The van der Waals surface area contributed by atoms with E-state index in [4.69, 9.17) is 4.98 Å². The number of anilines is 2. The van der Waals surface area contributed by atoms with Crippen molar-refractivity contribution in [3.05, 3.63) is 11.8 Å². The Morgan fingerprint density at radius 2 is 1.94 bits per heavy atom. The number of piperidine rings is 1. The molecule has 11 heteroatoms. The molecule has 1 aliphatic carbocycles. The summed E-state index contributed by atoms with van der Waals surface area (Å²) in [6.45, 7) is 6.98. The summed E-state index contributed by atoms with van der Waals surface area (Å²) >= 11 is 0. The zero-order valence-electron chi connectivity index (χ0n) is 20.1. The molecule has 3 aliphatic heterocycles. The topological polar surface area (TPSA) is 119 Å². The molecule has 1 aromatic rings. The Morgan fingerprint density at radius 3 is 2.59 bits per heavy atom. The van der Waals surface area contributed by atoms with Crippen LogP contribution in [0.2, 0.25) is 0 Å². The number of carbonyl (C=O) groups is 1. The summed E-state index contributed by atoms with van der Waals surface area (Å²) < 4.78 is 27.4. The van der Waals surface area contributed by atoms with Crippen LogP contribution in [0.3, 0.4) is 0 Å². The number of hydrogen-bond donors (Lipinski definition) is 2. The standard InChI is InChI=1S/C23H36N6O4S/c1-3-27-14-18(15-27)34(32,33)28-11-8-17(9-12-28)25-22-24-13-16-6-7-20(30)29(21(16)26-22)19-5-4-10-23(19,2)31/h13,17-19,31H,3-12,14-15H2,1-2H3,(H,24,25,26)/t19-,23-/m1/s1. The summed E-state index contributed by atoms with van der Waals surface area (Å²) in [4.78, 5) is 25.9. The first-order valence-electron chi connectivity index (χ1n) is 12.6. The molecule has 0 radical (unpaired) electrons. The fraction of sp³-hybridized carbons (Fsp3) is 0.783. The number of aliphatic hydroxyl groups is 1. The van der Waals surface area contributed by atoms with Gasteiger partial charge in [0.25, 0.3) is 0 Å². The minimum absolute atomic E-state index is 0.000438. The number of nitrogens with one attached hydrogen (secondary N) is 1. The Kier molecular flexibility index (Phi) is 6.33. The molecule has 5 rings (SSSR count). The van der Waals surface area contributed by atoms with Crippen LogP contribution in [0.4, 0.5) is 11.8 Å². The molecule has 0 spiro atoms. The molecule has 4 heterocycles. The van der Waals surface area contributed by atoms with Gasteiger partial charge >= 0.3 is 0 Å². The molecule has 2 saturated heterocycles. The maximum Gasteiger partial charge on any atom is 0.228 e. The maximum absolute atomic E-state index is 12.9. The van der Waals surface area contributed by atoms with Gasteiger partial charge in [0, 0.05) is 50.4 Å². The highest BCUT2D eigenvalue weighted by atomic mass is 32.2. The van der Waals surface area contributed by atoms with Gasteiger partial charge in [-0.2, -0.15) is 4.98 Å². The van der Waals surface area contributed by atoms with Crippen molar-refractivity contribution in [2.75, 3.05) is 42.9 Å². The van der Waals surface area contributed by atoms with Crippen LogP contribution in [0, 0.1) is 0 Å². The van der Waals surface area contributed by atoms with Crippen LogP contribution in [-0.2, 0) is 21.2 Å². The number of aromatic nitrogens is 2. The highest BCUT2D eigenvalue weighted by molar-refractivity contribution is 7.89. The summed E-state index contributed by atoms with van der Waals surface area (Å²) in [6, 6.07) is -0.203. The van der Waals surface area contributed by atoms with E-state index in [-0.39, 0.29) is 23.2 Å². The van der Waals surface area contributed by atoms with Crippen molar-refractivity contribution in [1.82, 2.24) is 19.2 Å². The quantitative estimate of drug-likeness (QED) is 0.603. The third-order valence-corrected chi connectivity index (χ3v) is 10.3. The van der Waals surface area contributed by atoms with Crippen molar-refractivity contribution in [1.29, 1.82) is 0 Å². The fourth-order valence-corrected chi connectivity index (χ4v) is 7.75. The molecule has 10 nitrogen and oxygen atoms in total. The lowest BCUT2D eigenvalue weighted by Gasteiger charge is -2.42. The van der Waals surface area contributed by atoms with Gasteiger partial charge in [-0.25, -0.2) is 17.7 Å². The van der Waals surface area contributed by atoms with Gasteiger partial charge in [0.05, 0.1) is 11.6 Å². The summed E-state index contributed by atoms with van der Waals surface area (Å²) in [6.07, 6.45) is 6.47. The average molecular weight is 493 g/mol. The SMILES string of the molecule is CCN1CC(S(=O)(=O)N2CCC(Nc3ncc4c(n3)N([C@@H]3CCC[C@@]3(C)O)C(=O)CC4)CC2)C1. The van der Waals surface area contributed by atoms with Crippen molar-refractivity contribution >= 4 is 27.7 Å². The molecular formula is C23H36N6O4S. The fourth-order valence-electron chi connectivity index (χ4n) is 5.81. The molecule has 0 bridgehead atoms. The van der Waals surface area contributed by atoms with Gasteiger partial charge in [-0.05, 0) is 52.0 Å². The van der Waals surface area contributed by atoms with E-state index in [1.807, 2.05) is 6.92 Å². The molecule has 1 aromatic heterocycles. The molecule has 1 saturated carbocycles. The van der Waals surface area contributed by atoms with Gasteiger partial charge in [0.15, 0.2) is 0 Å². The lowest BCUT2D eigenvalue weighted by atomic mass is 9.95. The molecule has 2 N–H and O–H groups in total. The van der Waals surface area contributed by atoms with Crippen molar-refractivity contribution in [3.63, 3.8) is 0 Å². The van der Waals surface area contributed by atoms with Crippen LogP contribution >= 0.6 is 0 Å². The molecule has 0 aromatic carbocycles. The second kappa shape index (κ2) is 9.00. The zero-order valence-corrected chi connectivity index (χ0v) is 20.9. The van der Waals surface area contributed by atoms with E-state index in [1.54, 1.807) is 22.3 Å². The van der Waals surface area contributed by atoms with Gasteiger partial charge in [0.1, 0.15) is 11.1 Å². The lowest BCUT2D eigenvalue weighted by Crippen LogP contribution is -2.59. The number of fused-ring (bicyclic) bond motifs is 1. The first-order chi connectivity index (χ1) is 16.2. The average Bonchev–Trinajstić information content (AvgIpc) is 3.11. The third kappa shape index (κ3) is 4.31. The molecule has 3 fully saturated rings. The highest BCUT2D eigenvalue weighted by Crippen LogP contribution is 2.39. The summed E-state index contributed by atoms with van der Waals surface area (Å²) in [5.41, 5.74) is 0.00538. The van der Waals surface area contributed by atoms with Gasteiger partial charge in [0.2, 0.25) is 21.9 Å². The van der Waals surface area contributed by atoms with Crippen LogP contribution in [0.15, 0.2) is 6.20 Å². The first-order valence-corrected chi connectivity index (χ1v) is 14.1. The predicted octanol–water partition coefficient (Wildman–Crippen LogP) is 0.970. The zero-order chi connectivity index (χ0) is 24.1. The number of rotatable bonds is 6. The van der Waals surface area contributed by atoms with Gasteiger partial charge in [-0.1, -0.05) is 6.92 Å². The largest absolute Gasteiger partial charge is 0.388 e. The number of amides is 1. The van der Waals surface area contributed by atoms with Gasteiger partial charge in [-0.15, -0.1) is 0 Å². The molecular weight excluding hydrogens is 456 g/mol. The van der Waals surface area contributed by atoms with Crippen molar-refractivity contribution in [2.24, 2.45) is 0 Å². The predicted molar refractivity (Wildman–Crippen MR) is 129 cm³/mol. The Hall–Kier alpha value is -1.82. The van der Waals surface area contributed by atoms with Crippen LogP contribution in [0.25, 0.3) is 0 Å². The highest BCUT2D eigenvalue weighted by Gasteiger charge is 2.45. The van der Waals surface area contributed by atoms with Crippen molar-refractivity contribution in [2.45, 2.75) is 81.7 Å². The monoisotopic (exact) mass is 492 g/mol. The van der Waals surface area contributed by atoms with E-state index in [1.165, 1.54) is 0 Å². The number of hydrogen-bond acceptors (Lipinski definition) is 8. The maximum atomic E-state index is 12.9. The summed E-state index contributed by atoms with van der Waals surface area (Å²) in [7, 11) is -3.25. The van der Waals surface area contributed by atoms with E-state index in [0.29, 0.717) is 70.0 Å². The number of aryl methyl sites for hydroxylation is 1. The van der Waals surface area contributed by atoms with Gasteiger partial charge in [-0.3, -0.25) is 9.69 Å². The second-order valence-electron chi connectivity index (χ2n) is 10.4. The Bertz CT molecular complexity index is 1030. The van der Waals surface area contributed by atoms with E-state index >= 15 is 0 Å². The normalized spacial score (nSPS) is 29.8. The number of nitrogens with zero attached hydrogens (tertiary/aromatic N) is 5. The Balaban J connectivity index is 1.25. The Labute approximate surface area is 201 Å². The lowest BCUT2D eigenvalue weighted by molar-refractivity contribution is -0.120. The molecule has 34 heavy (non-hydrogen) atoms. The number of carbonyl (C=O) groups excluding carboxylic acids is 1. The minimum atomic E-state index is -3.25. The van der Waals surface area contributed by atoms with Crippen LogP contribution in [-0.4, -0.2) is 94.3 Å². The van der Waals surface area contributed by atoms with Crippen LogP contribution in [0.5, 0.6) is 0 Å². The second-order valence-corrected chi connectivity index (χ2v) is 12.6. The summed E-state index contributed by atoms with van der Waals surface area (Å²) in [5, 5.41) is 13.9. The van der Waals surface area contributed by atoms with E-state index in [9.17, 15) is 18.3 Å². The number of sulfonamides is 1. The summed E-state index contributed by atoms with van der Waals surface area (Å²) in [5.74, 6) is 1.06. The first kappa shape index (κ1) is 23.9. The number of likely N-dealkylation sites (tertiary alicyclic amines) is 1. The van der Waals surface area contributed by atoms with Crippen LogP contribution < -0.4 is 10.2 Å². The molecule has 0 unspecified atom stereocenters. The van der Waals surface area contributed by atoms with E-state index in [0.717, 1.165) is 24.9 Å². The molecule has 188 valence electrons. The van der Waals surface area contributed by atoms with Gasteiger partial charge < -0.3 is 15.3 Å². The minimum Gasteiger partial charge on any atom is -0.388 e. The van der Waals surface area contributed by atoms with Crippen LogP contribution in [0.1, 0.15) is 57.9 Å². The molecule has 4 aliphatic rings. The smallest absolute Gasteiger partial charge is 0.228 e. The molecule has 1 amide bonds. The van der Waals surface area contributed by atoms with Crippen molar-refractivity contribution in [3.8, 4) is 0 Å². The van der Waals surface area contributed by atoms with E-state index < -0.39 is 15.6 Å². The van der Waals surface area contributed by atoms with E-state index in [2.05, 4.69) is 15.2 Å².